The Morgan fingerprint density at radius 1 is 1.19 bits per heavy atom. The van der Waals surface area contributed by atoms with E-state index in [4.69, 9.17) is 11.6 Å². The molecular formula is C19H21ClN2O3S. The average molecular weight is 393 g/mol. The quantitative estimate of drug-likeness (QED) is 0.800. The van der Waals surface area contributed by atoms with Crippen LogP contribution in [0.1, 0.15) is 18.9 Å². The van der Waals surface area contributed by atoms with Crippen LogP contribution in [0.3, 0.4) is 0 Å². The first kappa shape index (κ1) is 18.7. The number of rotatable bonds is 4. The normalized spacial score (nSPS) is 15.3. The summed E-state index contributed by atoms with van der Waals surface area (Å²) in [7, 11) is -3.67. The van der Waals surface area contributed by atoms with E-state index in [-0.39, 0.29) is 5.91 Å². The number of sulfonamides is 1. The molecule has 0 saturated heterocycles. The number of nitrogens with zero attached hydrogens (tertiary/aromatic N) is 2. The summed E-state index contributed by atoms with van der Waals surface area (Å²) < 4.78 is 26.0. The molecular weight excluding hydrogens is 372 g/mol. The highest BCUT2D eigenvalue weighted by molar-refractivity contribution is 7.92. The Bertz CT molecular complexity index is 930. The van der Waals surface area contributed by atoms with Gasteiger partial charge in [0.25, 0.3) is 5.91 Å². The Labute approximate surface area is 159 Å². The summed E-state index contributed by atoms with van der Waals surface area (Å²) in [5.41, 5.74) is 2.34. The van der Waals surface area contributed by atoms with Gasteiger partial charge in [0.2, 0.25) is 10.0 Å². The number of carbonyl (C=O) groups excluding carboxylic acids is 1. The van der Waals surface area contributed by atoms with Gasteiger partial charge < -0.3 is 4.90 Å². The molecule has 0 bridgehead atoms. The molecule has 1 atom stereocenters. The molecule has 2 aromatic carbocycles. The summed E-state index contributed by atoms with van der Waals surface area (Å²) in [6, 6.07) is 13.4. The third-order valence-electron chi connectivity index (χ3n) is 4.51. The molecule has 0 aromatic heterocycles. The van der Waals surface area contributed by atoms with Crippen molar-refractivity contribution in [2.24, 2.45) is 0 Å². The van der Waals surface area contributed by atoms with Crippen molar-refractivity contribution in [3.63, 3.8) is 0 Å². The van der Waals surface area contributed by atoms with Crippen molar-refractivity contribution >= 4 is 38.9 Å². The summed E-state index contributed by atoms with van der Waals surface area (Å²) in [5.74, 6) is -0.248. The molecule has 1 amide bonds. The maximum absolute atomic E-state index is 13.2. The molecule has 3 rings (SSSR count). The predicted octanol–water partition coefficient (Wildman–Crippen LogP) is 3.47. The molecule has 26 heavy (non-hydrogen) atoms. The Hall–Kier alpha value is -2.05. The van der Waals surface area contributed by atoms with E-state index in [2.05, 4.69) is 0 Å². The lowest BCUT2D eigenvalue weighted by molar-refractivity contribution is -0.119. The van der Waals surface area contributed by atoms with Crippen molar-refractivity contribution in [1.29, 1.82) is 0 Å². The van der Waals surface area contributed by atoms with Crippen LogP contribution in [0.2, 0.25) is 5.02 Å². The second-order valence-electron chi connectivity index (χ2n) is 6.44. The number of benzene rings is 2. The molecule has 0 unspecified atom stereocenters. The van der Waals surface area contributed by atoms with Gasteiger partial charge >= 0.3 is 0 Å². The molecule has 0 radical (unpaired) electrons. The minimum atomic E-state index is -3.67. The fourth-order valence-electron chi connectivity index (χ4n) is 3.40. The number of halogens is 1. The number of para-hydroxylation sites is 1. The van der Waals surface area contributed by atoms with Crippen LogP contribution in [0, 0.1) is 0 Å². The van der Waals surface area contributed by atoms with E-state index in [0.717, 1.165) is 34.7 Å². The third-order valence-corrected chi connectivity index (χ3v) is 5.98. The number of carbonyl (C=O) groups is 1. The van der Waals surface area contributed by atoms with Gasteiger partial charge in [0.1, 0.15) is 6.04 Å². The van der Waals surface area contributed by atoms with Gasteiger partial charge in [-0.05, 0) is 49.6 Å². The lowest BCUT2D eigenvalue weighted by Gasteiger charge is -2.35. The first-order valence-electron chi connectivity index (χ1n) is 8.43. The van der Waals surface area contributed by atoms with Crippen LogP contribution in [-0.2, 0) is 21.2 Å². The van der Waals surface area contributed by atoms with E-state index >= 15 is 0 Å². The van der Waals surface area contributed by atoms with Crippen molar-refractivity contribution in [3.8, 4) is 0 Å². The second-order valence-corrected chi connectivity index (χ2v) is 8.73. The van der Waals surface area contributed by atoms with Gasteiger partial charge in [0.15, 0.2) is 0 Å². The summed E-state index contributed by atoms with van der Waals surface area (Å²) in [6.45, 7) is 2.19. The molecule has 0 fully saturated rings. The van der Waals surface area contributed by atoms with Crippen molar-refractivity contribution in [2.45, 2.75) is 25.8 Å². The maximum atomic E-state index is 13.2. The van der Waals surface area contributed by atoms with E-state index in [1.165, 1.54) is 0 Å². The second kappa shape index (κ2) is 7.29. The van der Waals surface area contributed by atoms with Crippen molar-refractivity contribution in [2.75, 3.05) is 22.0 Å². The fraction of sp³-hybridized carbons (Fsp3) is 0.316. The third kappa shape index (κ3) is 3.71. The van der Waals surface area contributed by atoms with Gasteiger partial charge in [-0.3, -0.25) is 9.10 Å². The summed E-state index contributed by atoms with van der Waals surface area (Å²) in [4.78, 5) is 14.9. The van der Waals surface area contributed by atoms with Crippen LogP contribution in [0.5, 0.6) is 0 Å². The summed E-state index contributed by atoms with van der Waals surface area (Å²) in [6.07, 6.45) is 2.87. The lowest BCUT2D eigenvalue weighted by Crippen LogP contribution is -2.50. The van der Waals surface area contributed by atoms with Crippen molar-refractivity contribution in [3.05, 3.63) is 59.1 Å². The Kier molecular flexibility index (Phi) is 5.25. The molecule has 0 spiro atoms. The first-order valence-corrected chi connectivity index (χ1v) is 10.7. The molecule has 0 N–H and O–H groups in total. The summed E-state index contributed by atoms with van der Waals surface area (Å²) in [5, 5.41) is 0.416. The molecule has 5 nitrogen and oxygen atoms in total. The molecule has 1 aliphatic heterocycles. The van der Waals surface area contributed by atoms with E-state index in [0.29, 0.717) is 17.3 Å². The number of aryl methyl sites for hydroxylation is 1. The molecule has 0 saturated carbocycles. The largest absolute Gasteiger partial charge is 0.310 e. The number of hydrogen-bond donors (Lipinski definition) is 0. The fourth-order valence-corrected chi connectivity index (χ4v) is 4.75. The van der Waals surface area contributed by atoms with E-state index < -0.39 is 16.1 Å². The zero-order valence-corrected chi connectivity index (χ0v) is 16.3. The van der Waals surface area contributed by atoms with Gasteiger partial charge in [-0.1, -0.05) is 35.9 Å². The van der Waals surface area contributed by atoms with Crippen LogP contribution >= 0.6 is 11.6 Å². The van der Waals surface area contributed by atoms with Crippen molar-refractivity contribution in [1.82, 2.24) is 0 Å². The monoisotopic (exact) mass is 392 g/mol. The Morgan fingerprint density at radius 2 is 1.92 bits per heavy atom. The number of anilines is 2. The molecule has 0 aliphatic carbocycles. The average Bonchev–Trinajstić information content (AvgIpc) is 2.59. The highest BCUT2D eigenvalue weighted by Gasteiger charge is 2.34. The first-order chi connectivity index (χ1) is 12.3. The molecule has 7 heteroatoms. The Morgan fingerprint density at radius 3 is 2.62 bits per heavy atom. The molecule has 138 valence electrons. The topological polar surface area (TPSA) is 57.7 Å². The van der Waals surface area contributed by atoms with E-state index in [1.54, 1.807) is 36.1 Å². The zero-order valence-electron chi connectivity index (χ0n) is 14.7. The van der Waals surface area contributed by atoms with Gasteiger partial charge in [-0.25, -0.2) is 8.42 Å². The smallest absolute Gasteiger partial charge is 0.250 e. The van der Waals surface area contributed by atoms with Crippen LogP contribution in [0.4, 0.5) is 11.4 Å². The molecule has 2 aromatic rings. The number of fused-ring (bicyclic) bond motifs is 1. The van der Waals surface area contributed by atoms with E-state index in [1.807, 2.05) is 24.3 Å². The highest BCUT2D eigenvalue weighted by atomic mass is 35.5. The SMILES string of the molecule is C[C@H](C(=O)N1CCCc2ccccc21)N(c1cccc(Cl)c1)S(C)(=O)=O. The van der Waals surface area contributed by atoms with Gasteiger partial charge in [0, 0.05) is 17.3 Å². The van der Waals surface area contributed by atoms with Crippen molar-refractivity contribution < 1.29 is 13.2 Å². The lowest BCUT2D eigenvalue weighted by atomic mass is 10.0. The standard InChI is InChI=1S/C19H21ClN2O3S/c1-14(22(26(2,24)25)17-10-5-9-16(20)13-17)19(23)21-12-6-8-15-7-3-4-11-18(15)21/h3-5,7,9-11,13-14H,6,8,12H2,1-2H3/t14-/m1/s1. The predicted molar refractivity (Wildman–Crippen MR) is 105 cm³/mol. The van der Waals surface area contributed by atoms with Gasteiger partial charge in [-0.15, -0.1) is 0 Å². The van der Waals surface area contributed by atoms with Gasteiger partial charge in [-0.2, -0.15) is 0 Å². The van der Waals surface area contributed by atoms with Crippen LogP contribution in [-0.4, -0.2) is 33.2 Å². The summed E-state index contributed by atoms with van der Waals surface area (Å²) >= 11 is 6.02. The van der Waals surface area contributed by atoms with Crippen LogP contribution in [0.15, 0.2) is 48.5 Å². The maximum Gasteiger partial charge on any atom is 0.250 e. The zero-order chi connectivity index (χ0) is 18.9. The number of hydrogen-bond acceptors (Lipinski definition) is 3. The van der Waals surface area contributed by atoms with Gasteiger partial charge in [0.05, 0.1) is 11.9 Å². The minimum Gasteiger partial charge on any atom is -0.310 e. The highest BCUT2D eigenvalue weighted by Crippen LogP contribution is 2.30. The van der Waals surface area contributed by atoms with Crippen LogP contribution < -0.4 is 9.21 Å². The number of amides is 1. The molecule has 1 aliphatic rings. The minimum absolute atomic E-state index is 0.248. The molecule has 1 heterocycles. The van der Waals surface area contributed by atoms with Crippen LogP contribution in [0.25, 0.3) is 0 Å². The van der Waals surface area contributed by atoms with E-state index in [9.17, 15) is 13.2 Å². The Balaban J connectivity index is 1.98.